The highest BCUT2D eigenvalue weighted by molar-refractivity contribution is 7.91. The van der Waals surface area contributed by atoms with Gasteiger partial charge in [-0.05, 0) is 42.8 Å². The molecule has 1 amide bonds. The summed E-state index contributed by atoms with van der Waals surface area (Å²) in [7, 11) is 1.30. The SMILES string of the molecule is COc1ccc(OC)c2c1sc(=NC(=O)CCCS(=O)(=O)c1ccc(F)cc1)n2C. The number of methoxy groups -OCH3 is 2. The average molecular weight is 453 g/mol. The lowest BCUT2D eigenvalue weighted by atomic mass is 10.3. The van der Waals surface area contributed by atoms with E-state index < -0.39 is 21.6 Å². The average Bonchev–Trinajstić information content (AvgIpc) is 3.04. The molecular formula is C20H21FN2O5S2. The molecule has 1 heterocycles. The Morgan fingerprint density at radius 2 is 1.73 bits per heavy atom. The number of carbonyl (C=O) groups is 1. The summed E-state index contributed by atoms with van der Waals surface area (Å²) in [6.07, 6.45) is 0.0895. The molecular weight excluding hydrogens is 431 g/mol. The van der Waals surface area contributed by atoms with Crippen LogP contribution >= 0.6 is 11.3 Å². The summed E-state index contributed by atoms with van der Waals surface area (Å²) >= 11 is 1.29. The predicted octanol–water partition coefficient (Wildman–Crippen LogP) is 3.08. The summed E-state index contributed by atoms with van der Waals surface area (Å²) in [6.45, 7) is 0. The quantitative estimate of drug-likeness (QED) is 0.514. The fraction of sp³-hybridized carbons (Fsp3) is 0.300. The maximum atomic E-state index is 13.0. The van der Waals surface area contributed by atoms with E-state index in [0.29, 0.717) is 16.3 Å². The van der Waals surface area contributed by atoms with Crippen molar-refractivity contribution < 1.29 is 27.1 Å². The topological polar surface area (TPSA) is 87.0 Å². The van der Waals surface area contributed by atoms with Crippen LogP contribution in [0.5, 0.6) is 11.5 Å². The molecule has 0 aliphatic heterocycles. The van der Waals surface area contributed by atoms with Gasteiger partial charge in [-0.3, -0.25) is 4.79 Å². The van der Waals surface area contributed by atoms with Crippen LogP contribution in [0.1, 0.15) is 12.8 Å². The van der Waals surface area contributed by atoms with Crippen molar-refractivity contribution in [2.24, 2.45) is 12.0 Å². The highest BCUT2D eigenvalue weighted by Gasteiger charge is 2.16. The number of ether oxygens (including phenoxy) is 2. The predicted molar refractivity (Wildman–Crippen MR) is 112 cm³/mol. The molecule has 0 bridgehead atoms. The molecule has 3 aromatic rings. The van der Waals surface area contributed by atoms with E-state index in [1.807, 2.05) is 0 Å². The number of nitrogens with zero attached hydrogens (tertiary/aromatic N) is 2. The van der Waals surface area contributed by atoms with Gasteiger partial charge in [0, 0.05) is 13.5 Å². The number of hydrogen-bond acceptors (Lipinski definition) is 6. The molecule has 10 heteroatoms. The van der Waals surface area contributed by atoms with Crippen molar-refractivity contribution in [1.82, 2.24) is 4.57 Å². The van der Waals surface area contributed by atoms with Gasteiger partial charge in [-0.1, -0.05) is 11.3 Å². The Hall–Kier alpha value is -2.72. The highest BCUT2D eigenvalue weighted by Crippen LogP contribution is 2.34. The third kappa shape index (κ3) is 4.54. The summed E-state index contributed by atoms with van der Waals surface area (Å²) in [4.78, 5) is 17.0. The Morgan fingerprint density at radius 3 is 2.37 bits per heavy atom. The highest BCUT2D eigenvalue weighted by atomic mass is 32.2. The van der Waals surface area contributed by atoms with Crippen LogP contribution in [0.25, 0.3) is 10.2 Å². The van der Waals surface area contributed by atoms with Crippen LogP contribution in [0, 0.1) is 5.82 Å². The number of fused-ring (bicyclic) bond motifs is 1. The Kier molecular flexibility index (Phi) is 6.57. The van der Waals surface area contributed by atoms with Gasteiger partial charge >= 0.3 is 0 Å². The third-order valence-electron chi connectivity index (χ3n) is 4.51. The van der Waals surface area contributed by atoms with Gasteiger partial charge in [-0.15, -0.1) is 0 Å². The Morgan fingerprint density at radius 1 is 1.10 bits per heavy atom. The fourth-order valence-electron chi connectivity index (χ4n) is 2.97. The molecule has 2 aromatic carbocycles. The van der Waals surface area contributed by atoms with Gasteiger partial charge in [-0.2, -0.15) is 4.99 Å². The zero-order valence-electron chi connectivity index (χ0n) is 16.7. The molecule has 1 aromatic heterocycles. The van der Waals surface area contributed by atoms with Crippen LogP contribution in [-0.2, 0) is 21.7 Å². The minimum absolute atomic E-state index is 0.0249. The Balaban J connectivity index is 1.77. The molecule has 30 heavy (non-hydrogen) atoms. The molecule has 0 spiro atoms. The Bertz CT molecular complexity index is 1240. The number of aromatic nitrogens is 1. The first-order chi connectivity index (χ1) is 14.3. The van der Waals surface area contributed by atoms with Gasteiger partial charge in [0.15, 0.2) is 14.6 Å². The minimum atomic E-state index is -3.59. The van der Waals surface area contributed by atoms with Gasteiger partial charge in [0.25, 0.3) is 0 Å². The van der Waals surface area contributed by atoms with E-state index >= 15 is 0 Å². The Labute approximate surface area is 177 Å². The van der Waals surface area contributed by atoms with E-state index in [-0.39, 0.29) is 23.5 Å². The van der Waals surface area contributed by atoms with Crippen molar-refractivity contribution in [2.45, 2.75) is 17.7 Å². The maximum absolute atomic E-state index is 13.0. The van der Waals surface area contributed by atoms with Gasteiger partial charge < -0.3 is 14.0 Å². The number of rotatable bonds is 7. The number of amides is 1. The molecule has 0 unspecified atom stereocenters. The normalized spacial score (nSPS) is 12.3. The van der Waals surface area contributed by atoms with Crippen molar-refractivity contribution in [2.75, 3.05) is 20.0 Å². The standard InChI is InChI=1S/C20H21FN2O5S2/c1-23-18-15(27-2)10-11-16(28-3)19(18)29-20(23)22-17(24)5-4-12-30(25,26)14-8-6-13(21)7-9-14/h6-11H,4-5,12H2,1-3H3. The molecule has 7 nitrogen and oxygen atoms in total. The van der Waals surface area contributed by atoms with Crippen LogP contribution < -0.4 is 14.3 Å². The molecule has 0 saturated heterocycles. The van der Waals surface area contributed by atoms with Crippen LogP contribution in [-0.4, -0.2) is 38.9 Å². The van der Waals surface area contributed by atoms with Crippen LogP contribution in [0.3, 0.4) is 0 Å². The molecule has 0 atom stereocenters. The molecule has 0 aliphatic rings. The summed E-state index contributed by atoms with van der Waals surface area (Å²) in [5.41, 5.74) is 0.757. The smallest absolute Gasteiger partial charge is 0.248 e. The van der Waals surface area contributed by atoms with Crippen molar-refractivity contribution in [3.8, 4) is 11.5 Å². The van der Waals surface area contributed by atoms with Crippen molar-refractivity contribution in [1.29, 1.82) is 0 Å². The molecule has 0 fully saturated rings. The zero-order chi connectivity index (χ0) is 21.9. The lowest BCUT2D eigenvalue weighted by molar-refractivity contribution is -0.118. The summed E-state index contributed by atoms with van der Waals surface area (Å²) in [5, 5.41) is 0. The maximum Gasteiger partial charge on any atom is 0.248 e. The molecule has 160 valence electrons. The number of benzene rings is 2. The van der Waals surface area contributed by atoms with Crippen LogP contribution in [0.15, 0.2) is 46.3 Å². The van der Waals surface area contributed by atoms with E-state index in [1.54, 1.807) is 38.0 Å². The van der Waals surface area contributed by atoms with Gasteiger partial charge in [0.05, 0.1) is 24.9 Å². The van der Waals surface area contributed by atoms with Crippen LogP contribution in [0.4, 0.5) is 4.39 Å². The number of halogens is 1. The van der Waals surface area contributed by atoms with Crippen molar-refractivity contribution in [3.63, 3.8) is 0 Å². The second-order valence-electron chi connectivity index (χ2n) is 6.47. The summed E-state index contributed by atoms with van der Waals surface area (Å²) in [6, 6.07) is 8.18. The monoisotopic (exact) mass is 452 g/mol. The molecule has 0 N–H and O–H groups in total. The van der Waals surface area contributed by atoms with E-state index in [1.165, 1.54) is 23.5 Å². The third-order valence-corrected chi connectivity index (χ3v) is 7.47. The first kappa shape index (κ1) is 22.0. The van der Waals surface area contributed by atoms with E-state index in [0.717, 1.165) is 22.3 Å². The van der Waals surface area contributed by atoms with E-state index in [2.05, 4.69) is 4.99 Å². The van der Waals surface area contributed by atoms with Gasteiger partial charge in [-0.25, -0.2) is 12.8 Å². The minimum Gasteiger partial charge on any atom is -0.495 e. The molecule has 3 rings (SSSR count). The second kappa shape index (κ2) is 8.97. The summed E-state index contributed by atoms with van der Waals surface area (Å²) < 4.78 is 50.9. The van der Waals surface area contributed by atoms with E-state index in [4.69, 9.17) is 9.47 Å². The zero-order valence-corrected chi connectivity index (χ0v) is 18.3. The van der Waals surface area contributed by atoms with Gasteiger partial charge in [0.1, 0.15) is 27.5 Å². The van der Waals surface area contributed by atoms with Crippen LogP contribution in [0.2, 0.25) is 0 Å². The number of aryl methyl sites for hydroxylation is 1. The molecule has 0 aliphatic carbocycles. The first-order valence-corrected chi connectivity index (χ1v) is 11.5. The first-order valence-electron chi connectivity index (χ1n) is 9.03. The fourth-order valence-corrected chi connectivity index (χ4v) is 5.42. The number of carbonyl (C=O) groups excluding carboxylic acids is 1. The van der Waals surface area contributed by atoms with E-state index in [9.17, 15) is 17.6 Å². The second-order valence-corrected chi connectivity index (χ2v) is 9.56. The van der Waals surface area contributed by atoms with Gasteiger partial charge in [0.2, 0.25) is 5.91 Å². The van der Waals surface area contributed by atoms with Crippen molar-refractivity contribution in [3.05, 3.63) is 47.0 Å². The number of sulfone groups is 1. The van der Waals surface area contributed by atoms with Crippen molar-refractivity contribution >= 4 is 37.3 Å². The number of thiazole rings is 1. The lowest BCUT2D eigenvalue weighted by Gasteiger charge is -2.06. The summed E-state index contributed by atoms with van der Waals surface area (Å²) in [5.74, 6) is 0.117. The number of hydrogen-bond donors (Lipinski definition) is 0. The largest absolute Gasteiger partial charge is 0.495 e. The lowest BCUT2D eigenvalue weighted by Crippen LogP contribution is -2.14. The molecule has 0 radical (unpaired) electrons. The molecule has 0 saturated carbocycles.